The summed E-state index contributed by atoms with van der Waals surface area (Å²) in [4.78, 5) is 12.1. The highest BCUT2D eigenvalue weighted by molar-refractivity contribution is 5.75. The summed E-state index contributed by atoms with van der Waals surface area (Å²) in [6, 6.07) is 6.11. The summed E-state index contributed by atoms with van der Waals surface area (Å²) >= 11 is 0. The summed E-state index contributed by atoms with van der Waals surface area (Å²) in [5.41, 5.74) is 8.51. The van der Waals surface area contributed by atoms with Gasteiger partial charge in [0, 0.05) is 13.7 Å². The Morgan fingerprint density at radius 2 is 2.04 bits per heavy atom. The van der Waals surface area contributed by atoms with Gasteiger partial charge in [0.1, 0.15) is 5.75 Å². The Kier molecular flexibility index (Phi) is 5.11. The van der Waals surface area contributed by atoms with Crippen molar-refractivity contribution in [3.63, 3.8) is 0 Å². The molecule has 0 aliphatic heterocycles. The fraction of sp³-hybridized carbons (Fsp3) is 0.632. The van der Waals surface area contributed by atoms with Gasteiger partial charge in [-0.1, -0.05) is 12.1 Å². The van der Waals surface area contributed by atoms with E-state index in [4.69, 9.17) is 19.9 Å². The number of ether oxygens (including phenoxy) is 3. The molecule has 132 valence electrons. The number of aryl methyl sites for hydroxylation is 2. The van der Waals surface area contributed by atoms with Crippen LogP contribution in [0, 0.1) is 18.8 Å². The van der Waals surface area contributed by atoms with Crippen LogP contribution in [0.4, 0.5) is 0 Å². The highest BCUT2D eigenvalue weighted by Gasteiger charge is 2.50. The number of carbonyl (C=O) groups excluding carboxylic acids is 1. The Labute approximate surface area is 143 Å². The minimum atomic E-state index is -1.34. The molecule has 2 N–H and O–H groups in total. The fourth-order valence-corrected chi connectivity index (χ4v) is 2.74. The number of rotatable bonds is 9. The van der Waals surface area contributed by atoms with Gasteiger partial charge in [0.2, 0.25) is 0 Å². The van der Waals surface area contributed by atoms with Crippen LogP contribution < -0.4 is 10.5 Å². The third-order valence-electron chi connectivity index (χ3n) is 4.65. The van der Waals surface area contributed by atoms with Crippen molar-refractivity contribution in [2.24, 2.45) is 17.6 Å². The largest absolute Gasteiger partial charge is 0.439 e. The molecule has 0 bridgehead atoms. The van der Waals surface area contributed by atoms with Crippen LogP contribution in [0.5, 0.6) is 5.75 Å². The summed E-state index contributed by atoms with van der Waals surface area (Å²) in [7, 11) is 1.70. The molecule has 1 aromatic rings. The Balaban J connectivity index is 1.71. The maximum atomic E-state index is 12.1. The first kappa shape index (κ1) is 17.2. The van der Waals surface area contributed by atoms with Crippen molar-refractivity contribution in [1.29, 1.82) is 0 Å². The van der Waals surface area contributed by atoms with E-state index in [0.717, 1.165) is 50.7 Å². The molecule has 2 saturated carbocycles. The predicted molar refractivity (Wildman–Crippen MR) is 90.5 cm³/mol. The molecule has 2 aliphatic carbocycles. The van der Waals surface area contributed by atoms with Crippen molar-refractivity contribution in [3.8, 4) is 5.75 Å². The second kappa shape index (κ2) is 7.11. The number of methoxy groups -OCH3 is 1. The SMILES string of the molecule is COCCCc1ccc(C)c(OC(N)(OC(=O)C2CC2)C2CC2)c1. The normalized spacial score (nSPS) is 19.6. The zero-order chi connectivity index (χ0) is 17.2. The molecule has 24 heavy (non-hydrogen) atoms. The molecule has 0 amide bonds. The van der Waals surface area contributed by atoms with E-state index in [2.05, 4.69) is 6.07 Å². The fourth-order valence-electron chi connectivity index (χ4n) is 2.74. The summed E-state index contributed by atoms with van der Waals surface area (Å²) < 4.78 is 16.7. The lowest BCUT2D eigenvalue weighted by atomic mass is 10.1. The van der Waals surface area contributed by atoms with E-state index in [1.165, 1.54) is 5.56 Å². The molecule has 5 nitrogen and oxygen atoms in total. The molecular formula is C19H27NO4. The van der Waals surface area contributed by atoms with Crippen LogP contribution in [0.25, 0.3) is 0 Å². The zero-order valence-electron chi connectivity index (χ0n) is 14.5. The first-order valence-corrected chi connectivity index (χ1v) is 8.81. The van der Waals surface area contributed by atoms with E-state index in [9.17, 15) is 4.79 Å². The van der Waals surface area contributed by atoms with Crippen molar-refractivity contribution in [2.75, 3.05) is 13.7 Å². The number of hydrogen-bond donors (Lipinski definition) is 1. The van der Waals surface area contributed by atoms with Crippen LogP contribution in [0.1, 0.15) is 43.2 Å². The molecule has 0 heterocycles. The van der Waals surface area contributed by atoms with Crippen molar-refractivity contribution in [1.82, 2.24) is 0 Å². The van der Waals surface area contributed by atoms with Crippen LogP contribution in [0.2, 0.25) is 0 Å². The Hall–Kier alpha value is -1.59. The van der Waals surface area contributed by atoms with Crippen molar-refractivity contribution < 1.29 is 19.0 Å². The van der Waals surface area contributed by atoms with Gasteiger partial charge < -0.3 is 14.2 Å². The van der Waals surface area contributed by atoms with Crippen molar-refractivity contribution in [3.05, 3.63) is 29.3 Å². The average Bonchev–Trinajstić information content (AvgIpc) is 3.40. The second-order valence-corrected chi connectivity index (χ2v) is 6.99. The molecule has 1 unspecified atom stereocenters. The second-order valence-electron chi connectivity index (χ2n) is 6.99. The summed E-state index contributed by atoms with van der Waals surface area (Å²) in [5, 5.41) is 0. The standard InChI is InChI=1S/C19H27NO4/c1-13-5-6-14(4-3-11-22-2)12-17(13)23-19(20,16-9-10-16)24-18(21)15-7-8-15/h5-6,12,15-16H,3-4,7-11,20H2,1-2H3. The van der Waals surface area contributed by atoms with Crippen molar-refractivity contribution in [2.45, 2.75) is 51.4 Å². The van der Waals surface area contributed by atoms with Gasteiger partial charge in [0.05, 0.1) is 11.8 Å². The maximum Gasteiger partial charge on any atom is 0.315 e. The lowest BCUT2D eigenvalue weighted by Gasteiger charge is -2.30. The van der Waals surface area contributed by atoms with Gasteiger partial charge in [-0.25, -0.2) is 0 Å². The predicted octanol–water partition coefficient (Wildman–Crippen LogP) is 2.93. The monoisotopic (exact) mass is 333 g/mol. The Bertz CT molecular complexity index is 595. The molecule has 0 saturated heterocycles. The molecule has 1 aromatic carbocycles. The highest BCUT2D eigenvalue weighted by atomic mass is 16.7. The summed E-state index contributed by atoms with van der Waals surface area (Å²) in [6.45, 7) is 2.70. The molecule has 0 radical (unpaired) electrons. The number of benzene rings is 1. The lowest BCUT2D eigenvalue weighted by molar-refractivity contribution is -0.206. The van der Waals surface area contributed by atoms with Crippen molar-refractivity contribution >= 4 is 5.97 Å². The first-order valence-electron chi connectivity index (χ1n) is 8.81. The number of carbonyl (C=O) groups is 1. The molecule has 1 atom stereocenters. The lowest BCUT2D eigenvalue weighted by Crippen LogP contribution is -2.52. The first-order chi connectivity index (χ1) is 11.5. The van der Waals surface area contributed by atoms with E-state index in [1.54, 1.807) is 7.11 Å². The minimum absolute atomic E-state index is 0.0109. The Morgan fingerprint density at radius 3 is 2.67 bits per heavy atom. The van der Waals surface area contributed by atoms with Gasteiger partial charge in [-0.3, -0.25) is 10.5 Å². The number of nitrogens with two attached hydrogens (primary N) is 1. The molecule has 5 heteroatoms. The average molecular weight is 333 g/mol. The smallest absolute Gasteiger partial charge is 0.315 e. The van der Waals surface area contributed by atoms with E-state index in [1.807, 2.05) is 19.1 Å². The van der Waals surface area contributed by atoms with Gasteiger partial charge in [-0.15, -0.1) is 0 Å². The van der Waals surface area contributed by atoms with E-state index in [0.29, 0.717) is 5.75 Å². The molecule has 0 aromatic heterocycles. The minimum Gasteiger partial charge on any atom is -0.439 e. The van der Waals surface area contributed by atoms with Crippen LogP contribution in [0.15, 0.2) is 18.2 Å². The summed E-state index contributed by atoms with van der Waals surface area (Å²) in [6.07, 6.45) is 5.52. The molecule has 3 rings (SSSR count). The quantitative estimate of drug-likeness (QED) is 0.427. The zero-order valence-corrected chi connectivity index (χ0v) is 14.5. The van der Waals surface area contributed by atoms with Crippen LogP contribution in [-0.4, -0.2) is 25.6 Å². The topological polar surface area (TPSA) is 70.8 Å². The molecule has 2 fully saturated rings. The van der Waals surface area contributed by atoms with Crippen LogP contribution in [-0.2, 0) is 20.7 Å². The molecular weight excluding hydrogens is 306 g/mol. The van der Waals surface area contributed by atoms with Gasteiger partial charge in [-0.2, -0.15) is 0 Å². The van der Waals surface area contributed by atoms with Gasteiger partial charge >= 0.3 is 11.9 Å². The Morgan fingerprint density at radius 1 is 1.29 bits per heavy atom. The van der Waals surface area contributed by atoms with Crippen LogP contribution >= 0.6 is 0 Å². The third-order valence-corrected chi connectivity index (χ3v) is 4.65. The van der Waals surface area contributed by atoms with E-state index in [-0.39, 0.29) is 17.8 Å². The number of esters is 1. The maximum absolute atomic E-state index is 12.1. The van der Waals surface area contributed by atoms with E-state index >= 15 is 0 Å². The van der Waals surface area contributed by atoms with Gasteiger partial charge in [0.25, 0.3) is 0 Å². The van der Waals surface area contributed by atoms with E-state index < -0.39 is 5.91 Å². The van der Waals surface area contributed by atoms with Crippen LogP contribution in [0.3, 0.4) is 0 Å². The summed E-state index contributed by atoms with van der Waals surface area (Å²) in [5.74, 6) is -0.773. The number of hydrogen-bond acceptors (Lipinski definition) is 5. The molecule has 0 spiro atoms. The van der Waals surface area contributed by atoms with Gasteiger partial charge in [0.15, 0.2) is 0 Å². The van der Waals surface area contributed by atoms with Gasteiger partial charge in [-0.05, 0) is 62.6 Å². The third kappa shape index (κ3) is 4.28. The molecule has 2 aliphatic rings. The highest BCUT2D eigenvalue weighted by Crippen LogP contribution is 2.42.